The summed E-state index contributed by atoms with van der Waals surface area (Å²) >= 11 is 0. The van der Waals surface area contributed by atoms with Crippen LogP contribution in [0.25, 0.3) is 0 Å². The van der Waals surface area contributed by atoms with Crippen LogP contribution in [0.2, 0.25) is 0 Å². The standard InChI is InChI=1S/C20H30N4O/c1-4-5-6-13-24(3)20(21-2)22-15-16-9-7-12-18(14-16)23-19(25)17-10-8-11-17/h4,7,9,12,14,17H,1,5-6,8,10-11,13,15H2,2-3H3,(H,21,22)(H,23,25). The fourth-order valence-electron chi connectivity index (χ4n) is 2.82. The van der Waals surface area contributed by atoms with E-state index in [-0.39, 0.29) is 11.8 Å². The first-order valence-corrected chi connectivity index (χ1v) is 9.06. The maximum atomic E-state index is 12.1. The minimum Gasteiger partial charge on any atom is -0.352 e. The molecule has 0 unspecified atom stereocenters. The minimum absolute atomic E-state index is 0.147. The van der Waals surface area contributed by atoms with E-state index in [1.165, 1.54) is 6.42 Å². The van der Waals surface area contributed by atoms with Crippen molar-refractivity contribution in [2.24, 2.45) is 10.9 Å². The molecule has 25 heavy (non-hydrogen) atoms. The summed E-state index contributed by atoms with van der Waals surface area (Å²) in [5.41, 5.74) is 1.98. The second-order valence-electron chi connectivity index (χ2n) is 6.57. The Bertz CT molecular complexity index is 607. The van der Waals surface area contributed by atoms with Crippen LogP contribution in [0.5, 0.6) is 0 Å². The second-order valence-corrected chi connectivity index (χ2v) is 6.57. The molecule has 5 heteroatoms. The van der Waals surface area contributed by atoms with E-state index in [2.05, 4.69) is 33.2 Å². The molecule has 1 fully saturated rings. The number of allylic oxidation sites excluding steroid dienone is 1. The van der Waals surface area contributed by atoms with E-state index in [4.69, 9.17) is 0 Å². The number of hydrogen-bond acceptors (Lipinski definition) is 2. The van der Waals surface area contributed by atoms with Crippen molar-refractivity contribution < 1.29 is 4.79 Å². The zero-order valence-corrected chi connectivity index (χ0v) is 15.4. The van der Waals surface area contributed by atoms with E-state index >= 15 is 0 Å². The number of unbranched alkanes of at least 4 members (excludes halogenated alkanes) is 1. The third-order valence-electron chi connectivity index (χ3n) is 4.60. The molecule has 5 nitrogen and oxygen atoms in total. The van der Waals surface area contributed by atoms with Crippen molar-refractivity contribution >= 4 is 17.6 Å². The topological polar surface area (TPSA) is 56.7 Å². The SMILES string of the molecule is C=CCCCN(C)C(=NC)NCc1cccc(NC(=O)C2CCC2)c1. The number of aliphatic imine (C=N–C) groups is 1. The lowest BCUT2D eigenvalue weighted by Gasteiger charge is -2.24. The molecule has 1 amide bonds. The second kappa shape index (κ2) is 9.87. The maximum absolute atomic E-state index is 12.1. The summed E-state index contributed by atoms with van der Waals surface area (Å²) in [7, 11) is 3.83. The van der Waals surface area contributed by atoms with Crippen LogP contribution in [0.3, 0.4) is 0 Å². The summed E-state index contributed by atoms with van der Waals surface area (Å²) in [6, 6.07) is 7.99. The van der Waals surface area contributed by atoms with Crippen LogP contribution < -0.4 is 10.6 Å². The molecule has 1 aliphatic rings. The van der Waals surface area contributed by atoms with Crippen LogP contribution in [-0.4, -0.2) is 37.4 Å². The van der Waals surface area contributed by atoms with E-state index in [1.54, 1.807) is 7.05 Å². The Hall–Kier alpha value is -2.30. The molecule has 136 valence electrons. The normalized spacial score (nSPS) is 14.6. The lowest BCUT2D eigenvalue weighted by Crippen LogP contribution is -2.39. The highest BCUT2D eigenvalue weighted by molar-refractivity contribution is 5.93. The smallest absolute Gasteiger partial charge is 0.227 e. The molecule has 1 saturated carbocycles. The van der Waals surface area contributed by atoms with Gasteiger partial charge in [-0.05, 0) is 43.4 Å². The number of nitrogens with zero attached hydrogens (tertiary/aromatic N) is 2. The lowest BCUT2D eigenvalue weighted by molar-refractivity contribution is -0.122. The Morgan fingerprint density at radius 3 is 2.88 bits per heavy atom. The van der Waals surface area contributed by atoms with Crippen molar-refractivity contribution in [3.05, 3.63) is 42.5 Å². The molecule has 0 atom stereocenters. The van der Waals surface area contributed by atoms with Crippen molar-refractivity contribution in [1.82, 2.24) is 10.2 Å². The van der Waals surface area contributed by atoms with Crippen LogP contribution in [0.15, 0.2) is 41.9 Å². The minimum atomic E-state index is 0.147. The molecule has 2 rings (SSSR count). The number of anilines is 1. The first kappa shape index (κ1) is 19.0. The third kappa shape index (κ3) is 5.93. The average molecular weight is 342 g/mol. The zero-order chi connectivity index (χ0) is 18.1. The van der Waals surface area contributed by atoms with E-state index in [0.29, 0.717) is 6.54 Å². The molecule has 1 aromatic rings. The number of guanidine groups is 1. The van der Waals surface area contributed by atoms with Crippen LogP contribution in [0.1, 0.15) is 37.7 Å². The molecule has 0 radical (unpaired) electrons. The summed E-state index contributed by atoms with van der Waals surface area (Å²) in [6.07, 6.45) is 7.20. The van der Waals surface area contributed by atoms with Crippen LogP contribution in [0, 0.1) is 5.92 Å². The number of nitrogens with one attached hydrogen (secondary N) is 2. The number of carbonyl (C=O) groups excluding carboxylic acids is 1. The van der Waals surface area contributed by atoms with E-state index < -0.39 is 0 Å². The van der Waals surface area contributed by atoms with Crippen molar-refractivity contribution in [2.45, 2.75) is 38.6 Å². The van der Waals surface area contributed by atoms with Crippen LogP contribution in [-0.2, 0) is 11.3 Å². The van der Waals surface area contributed by atoms with Gasteiger partial charge in [-0.2, -0.15) is 0 Å². The van der Waals surface area contributed by atoms with Gasteiger partial charge in [-0.15, -0.1) is 6.58 Å². The number of rotatable bonds is 8. The third-order valence-corrected chi connectivity index (χ3v) is 4.60. The maximum Gasteiger partial charge on any atom is 0.227 e. The molecule has 0 bridgehead atoms. The van der Waals surface area contributed by atoms with E-state index in [0.717, 1.165) is 49.4 Å². The fourth-order valence-corrected chi connectivity index (χ4v) is 2.82. The van der Waals surface area contributed by atoms with Gasteiger partial charge >= 0.3 is 0 Å². The van der Waals surface area contributed by atoms with Gasteiger partial charge in [0.2, 0.25) is 5.91 Å². The van der Waals surface area contributed by atoms with Crippen molar-refractivity contribution in [2.75, 3.05) is 26.0 Å². The van der Waals surface area contributed by atoms with Gasteiger partial charge in [0.25, 0.3) is 0 Å². The monoisotopic (exact) mass is 342 g/mol. The number of benzene rings is 1. The molecular weight excluding hydrogens is 312 g/mol. The highest BCUT2D eigenvalue weighted by Crippen LogP contribution is 2.27. The Labute approximate surface area is 151 Å². The summed E-state index contributed by atoms with van der Waals surface area (Å²) in [6.45, 7) is 5.36. The molecule has 2 N–H and O–H groups in total. The number of carbonyl (C=O) groups is 1. The van der Waals surface area contributed by atoms with Crippen LogP contribution >= 0.6 is 0 Å². The predicted octanol–water partition coefficient (Wildman–Crippen LogP) is 3.40. The highest BCUT2D eigenvalue weighted by atomic mass is 16.1. The van der Waals surface area contributed by atoms with Gasteiger partial charge in [0.05, 0.1) is 0 Å². The fraction of sp³-hybridized carbons (Fsp3) is 0.500. The predicted molar refractivity (Wildman–Crippen MR) is 105 cm³/mol. The molecule has 0 spiro atoms. The molecule has 0 saturated heterocycles. The molecule has 0 aliphatic heterocycles. The van der Waals surface area contributed by atoms with Gasteiger partial charge in [0, 0.05) is 38.8 Å². The first-order valence-electron chi connectivity index (χ1n) is 9.06. The van der Waals surface area contributed by atoms with Gasteiger partial charge in [0.1, 0.15) is 0 Å². The van der Waals surface area contributed by atoms with Gasteiger partial charge in [-0.25, -0.2) is 0 Å². The highest BCUT2D eigenvalue weighted by Gasteiger charge is 2.25. The molecule has 0 heterocycles. The Kier molecular flexibility index (Phi) is 7.51. The molecule has 0 aromatic heterocycles. The summed E-state index contributed by atoms with van der Waals surface area (Å²) in [5.74, 6) is 1.21. The van der Waals surface area contributed by atoms with E-state index in [9.17, 15) is 4.79 Å². The summed E-state index contributed by atoms with van der Waals surface area (Å²) < 4.78 is 0. The number of hydrogen-bond donors (Lipinski definition) is 2. The summed E-state index contributed by atoms with van der Waals surface area (Å²) in [5, 5.41) is 6.40. The quantitative estimate of drug-likeness (QED) is 0.329. The van der Waals surface area contributed by atoms with E-state index in [1.807, 2.05) is 31.3 Å². The van der Waals surface area contributed by atoms with Crippen LogP contribution in [0.4, 0.5) is 5.69 Å². The largest absolute Gasteiger partial charge is 0.352 e. The Morgan fingerprint density at radius 1 is 1.44 bits per heavy atom. The zero-order valence-electron chi connectivity index (χ0n) is 15.4. The van der Waals surface area contributed by atoms with Crippen molar-refractivity contribution in [3.63, 3.8) is 0 Å². The van der Waals surface area contributed by atoms with Crippen molar-refractivity contribution in [1.29, 1.82) is 0 Å². The average Bonchev–Trinajstić information content (AvgIpc) is 2.54. The first-order chi connectivity index (χ1) is 12.1. The Morgan fingerprint density at radius 2 is 2.24 bits per heavy atom. The molecule has 1 aromatic carbocycles. The summed E-state index contributed by atoms with van der Waals surface area (Å²) in [4.78, 5) is 18.5. The van der Waals surface area contributed by atoms with Gasteiger partial charge in [-0.3, -0.25) is 9.79 Å². The van der Waals surface area contributed by atoms with Gasteiger partial charge in [-0.1, -0.05) is 24.6 Å². The molecule has 1 aliphatic carbocycles. The van der Waals surface area contributed by atoms with Gasteiger partial charge < -0.3 is 15.5 Å². The molecular formula is C20H30N4O. The Balaban J connectivity index is 1.85. The number of amides is 1. The van der Waals surface area contributed by atoms with Gasteiger partial charge in [0.15, 0.2) is 5.96 Å². The lowest BCUT2D eigenvalue weighted by atomic mass is 9.85. The van der Waals surface area contributed by atoms with Crippen molar-refractivity contribution in [3.8, 4) is 0 Å².